The number of pyridine rings is 1. The Balaban J connectivity index is 1.72. The van der Waals surface area contributed by atoms with E-state index in [-0.39, 0.29) is 11.6 Å². The minimum Gasteiger partial charge on any atom is -0.493 e. The Morgan fingerprint density at radius 2 is 1.88 bits per heavy atom. The number of nitrogens with zero attached hydrogens (tertiary/aromatic N) is 3. The number of H-pyrrole nitrogens is 1. The van der Waals surface area contributed by atoms with Crippen molar-refractivity contribution in [1.29, 1.82) is 0 Å². The van der Waals surface area contributed by atoms with Gasteiger partial charge in [-0.1, -0.05) is 0 Å². The molecule has 1 aliphatic rings. The number of benzene rings is 1. The normalized spacial score (nSPS) is 13.5. The van der Waals surface area contributed by atoms with Crippen molar-refractivity contribution in [2.45, 2.75) is 0 Å². The summed E-state index contributed by atoms with van der Waals surface area (Å²) in [6, 6.07) is 6.49. The number of aromatic nitrogens is 2. The van der Waals surface area contributed by atoms with Crippen molar-refractivity contribution < 1.29 is 19.4 Å². The maximum Gasteiger partial charge on any atom is 0.295 e. The highest BCUT2D eigenvalue weighted by Crippen LogP contribution is 2.42. The van der Waals surface area contributed by atoms with Gasteiger partial charge < -0.3 is 19.6 Å². The van der Waals surface area contributed by atoms with Crippen molar-refractivity contribution in [3.63, 3.8) is 0 Å². The molecule has 0 bridgehead atoms. The molecule has 1 amide bonds. The van der Waals surface area contributed by atoms with Crippen molar-refractivity contribution in [3.05, 3.63) is 42.2 Å². The van der Waals surface area contributed by atoms with Crippen molar-refractivity contribution in [2.24, 2.45) is 10.2 Å². The molecule has 24 heavy (non-hydrogen) atoms. The highest BCUT2D eigenvalue weighted by molar-refractivity contribution is 5.98. The lowest BCUT2D eigenvalue weighted by Crippen LogP contribution is -2.15. The second-order valence-electron chi connectivity index (χ2n) is 5.10. The van der Waals surface area contributed by atoms with Gasteiger partial charge in [-0.3, -0.25) is 9.78 Å². The van der Waals surface area contributed by atoms with Gasteiger partial charge in [-0.25, -0.2) is 0 Å². The highest BCUT2D eigenvalue weighted by atomic mass is 16.6. The first kappa shape index (κ1) is 14.2. The molecule has 4 rings (SSSR count). The van der Waals surface area contributed by atoms with Crippen LogP contribution in [0.25, 0.3) is 10.9 Å². The summed E-state index contributed by atoms with van der Waals surface area (Å²) >= 11 is 0. The van der Waals surface area contributed by atoms with Gasteiger partial charge in [0, 0.05) is 29.4 Å². The Labute approximate surface area is 135 Å². The number of amides is 1. The number of hydrogen-bond donors (Lipinski definition) is 2. The maximum atomic E-state index is 12.0. The molecular formula is C16H12N4O4. The van der Waals surface area contributed by atoms with E-state index in [0.29, 0.717) is 41.2 Å². The highest BCUT2D eigenvalue weighted by Gasteiger charge is 2.18. The minimum atomic E-state index is -0.524. The first-order valence-corrected chi connectivity index (χ1v) is 7.23. The summed E-state index contributed by atoms with van der Waals surface area (Å²) in [6.07, 6.45) is 2.99. The van der Waals surface area contributed by atoms with Crippen molar-refractivity contribution >= 4 is 22.5 Å². The van der Waals surface area contributed by atoms with Crippen LogP contribution in [-0.2, 0) is 0 Å². The summed E-state index contributed by atoms with van der Waals surface area (Å²) in [5.74, 6) is 0.443. The molecule has 0 saturated carbocycles. The molecule has 0 aliphatic carbocycles. The Hall–Kier alpha value is -3.42. The largest absolute Gasteiger partial charge is 0.493 e. The number of aromatic amines is 1. The number of aromatic hydroxyl groups is 1. The van der Waals surface area contributed by atoms with Crippen LogP contribution in [0.4, 0.5) is 5.69 Å². The lowest BCUT2D eigenvalue weighted by Gasteiger charge is -2.17. The van der Waals surface area contributed by atoms with E-state index in [1.165, 1.54) is 24.5 Å². The van der Waals surface area contributed by atoms with E-state index in [2.05, 4.69) is 20.2 Å². The monoisotopic (exact) mass is 324 g/mol. The molecule has 0 radical (unpaired) electrons. The molecule has 0 fully saturated rings. The fourth-order valence-corrected chi connectivity index (χ4v) is 2.45. The third-order valence-electron chi connectivity index (χ3n) is 3.58. The van der Waals surface area contributed by atoms with Crippen LogP contribution in [0.3, 0.4) is 0 Å². The SMILES string of the molecule is O=C(N=Nc1c(O)[nH]c2cc3c(cc12)OCCO3)c1ccncc1. The lowest BCUT2D eigenvalue weighted by atomic mass is 10.2. The quantitative estimate of drug-likeness (QED) is 0.704. The average molecular weight is 324 g/mol. The van der Waals surface area contributed by atoms with Crippen molar-refractivity contribution in [2.75, 3.05) is 13.2 Å². The Bertz CT molecular complexity index is 950. The number of fused-ring (bicyclic) bond motifs is 2. The van der Waals surface area contributed by atoms with E-state index in [1.54, 1.807) is 12.1 Å². The van der Waals surface area contributed by atoms with Gasteiger partial charge in [-0.15, -0.1) is 10.2 Å². The molecule has 0 unspecified atom stereocenters. The number of nitrogens with one attached hydrogen (secondary N) is 1. The Morgan fingerprint density at radius 3 is 2.62 bits per heavy atom. The maximum absolute atomic E-state index is 12.0. The van der Waals surface area contributed by atoms with Crippen LogP contribution >= 0.6 is 0 Å². The second kappa shape index (κ2) is 5.65. The topological polar surface area (TPSA) is 109 Å². The van der Waals surface area contributed by atoms with Crippen LogP contribution in [0.5, 0.6) is 17.4 Å². The van der Waals surface area contributed by atoms with Gasteiger partial charge in [0.25, 0.3) is 5.91 Å². The first-order valence-electron chi connectivity index (χ1n) is 7.23. The standard InChI is InChI=1S/C16H12N4O4/c21-15(9-1-3-17-4-2-9)20-19-14-10-7-12-13(24-6-5-23-12)8-11(10)18-16(14)22/h1-4,7-8,18,22H,5-6H2. The van der Waals surface area contributed by atoms with Gasteiger partial charge in [0.05, 0.1) is 5.52 Å². The fraction of sp³-hybridized carbons (Fsp3) is 0.125. The molecular weight excluding hydrogens is 312 g/mol. The molecule has 3 aromatic rings. The molecule has 8 nitrogen and oxygen atoms in total. The predicted molar refractivity (Wildman–Crippen MR) is 84.0 cm³/mol. The summed E-state index contributed by atoms with van der Waals surface area (Å²) in [6.45, 7) is 0.921. The van der Waals surface area contributed by atoms with Gasteiger partial charge in [-0.2, -0.15) is 0 Å². The predicted octanol–water partition coefficient (Wildman–Crippen LogP) is 2.96. The van der Waals surface area contributed by atoms with Crippen LogP contribution in [0.2, 0.25) is 0 Å². The summed E-state index contributed by atoms with van der Waals surface area (Å²) in [5.41, 5.74) is 1.15. The molecule has 2 N–H and O–H groups in total. The number of ether oxygens (including phenoxy) is 2. The second-order valence-corrected chi connectivity index (χ2v) is 5.10. The zero-order valence-electron chi connectivity index (χ0n) is 12.4. The van der Waals surface area contributed by atoms with Crippen molar-refractivity contribution in [3.8, 4) is 17.4 Å². The van der Waals surface area contributed by atoms with Crippen LogP contribution in [0.1, 0.15) is 10.4 Å². The van der Waals surface area contributed by atoms with Crippen LogP contribution in [-0.4, -0.2) is 34.2 Å². The van der Waals surface area contributed by atoms with Crippen LogP contribution in [0.15, 0.2) is 46.9 Å². The number of azo groups is 1. The smallest absolute Gasteiger partial charge is 0.295 e. The van der Waals surface area contributed by atoms with Crippen LogP contribution in [0, 0.1) is 0 Å². The molecule has 1 aromatic carbocycles. The van der Waals surface area contributed by atoms with E-state index in [0.717, 1.165) is 0 Å². The third-order valence-corrected chi connectivity index (χ3v) is 3.58. The van der Waals surface area contributed by atoms with E-state index < -0.39 is 5.91 Å². The van der Waals surface area contributed by atoms with E-state index in [4.69, 9.17) is 9.47 Å². The zero-order chi connectivity index (χ0) is 16.5. The molecule has 120 valence electrons. The molecule has 0 spiro atoms. The number of rotatable bonds is 2. The number of hydrogen-bond acceptors (Lipinski definition) is 6. The third kappa shape index (κ3) is 2.43. The zero-order valence-corrected chi connectivity index (χ0v) is 12.4. The number of carbonyl (C=O) groups is 1. The van der Waals surface area contributed by atoms with Gasteiger partial charge in [0.1, 0.15) is 13.2 Å². The minimum absolute atomic E-state index is 0.171. The van der Waals surface area contributed by atoms with Gasteiger partial charge in [0.2, 0.25) is 5.88 Å². The Kier molecular flexibility index (Phi) is 3.34. The first-order chi connectivity index (χ1) is 11.7. The Morgan fingerprint density at radius 1 is 1.17 bits per heavy atom. The summed E-state index contributed by atoms with van der Waals surface area (Å²) in [4.78, 5) is 18.6. The average Bonchev–Trinajstić information content (AvgIpc) is 2.92. The molecule has 0 saturated heterocycles. The summed E-state index contributed by atoms with van der Waals surface area (Å²) in [7, 11) is 0. The summed E-state index contributed by atoms with van der Waals surface area (Å²) < 4.78 is 11.0. The van der Waals surface area contributed by atoms with E-state index in [9.17, 15) is 9.90 Å². The molecule has 3 heterocycles. The molecule has 0 atom stereocenters. The van der Waals surface area contributed by atoms with Crippen molar-refractivity contribution in [1.82, 2.24) is 9.97 Å². The molecule has 8 heteroatoms. The lowest BCUT2D eigenvalue weighted by molar-refractivity contribution is 0.0995. The van der Waals surface area contributed by atoms with Gasteiger partial charge >= 0.3 is 0 Å². The fourth-order valence-electron chi connectivity index (χ4n) is 2.45. The van der Waals surface area contributed by atoms with Gasteiger partial charge in [0.15, 0.2) is 17.2 Å². The summed E-state index contributed by atoms with van der Waals surface area (Å²) in [5, 5.41) is 18.2. The van der Waals surface area contributed by atoms with E-state index in [1.807, 2.05) is 0 Å². The van der Waals surface area contributed by atoms with E-state index >= 15 is 0 Å². The molecule has 2 aromatic heterocycles. The van der Waals surface area contributed by atoms with Gasteiger partial charge in [-0.05, 0) is 18.2 Å². The molecule has 1 aliphatic heterocycles. The van der Waals surface area contributed by atoms with Crippen LogP contribution < -0.4 is 9.47 Å². The number of carbonyl (C=O) groups excluding carboxylic acids is 1.